The van der Waals surface area contributed by atoms with E-state index in [1.807, 2.05) is 18.2 Å². The molecule has 3 aliphatic heterocycles. The SMILES string of the molecule is O=C1CC2(CCCN(C(=O)CN3CCOC3=O)CC2)Oc2ccccc21. The van der Waals surface area contributed by atoms with Crippen molar-refractivity contribution in [3.05, 3.63) is 29.8 Å². The molecule has 2 amide bonds. The Balaban J connectivity index is 1.43. The lowest BCUT2D eigenvalue weighted by Gasteiger charge is -2.37. The molecule has 3 heterocycles. The number of rotatable bonds is 2. The molecule has 1 unspecified atom stereocenters. The van der Waals surface area contributed by atoms with Gasteiger partial charge in [0.15, 0.2) is 5.78 Å². The summed E-state index contributed by atoms with van der Waals surface area (Å²) in [5, 5.41) is 0. The summed E-state index contributed by atoms with van der Waals surface area (Å²) >= 11 is 0. The van der Waals surface area contributed by atoms with Gasteiger partial charge in [-0.1, -0.05) is 12.1 Å². The molecule has 0 aliphatic carbocycles. The van der Waals surface area contributed by atoms with E-state index in [2.05, 4.69) is 0 Å². The monoisotopic (exact) mass is 358 g/mol. The number of fused-ring (bicyclic) bond motifs is 1. The molecule has 0 N–H and O–H groups in total. The summed E-state index contributed by atoms with van der Waals surface area (Å²) in [5.74, 6) is 0.665. The molecule has 1 spiro atoms. The maximum atomic E-state index is 12.6. The van der Waals surface area contributed by atoms with E-state index in [0.717, 1.165) is 12.8 Å². The van der Waals surface area contributed by atoms with E-state index in [1.165, 1.54) is 4.90 Å². The van der Waals surface area contributed by atoms with Crippen LogP contribution in [-0.4, -0.2) is 66.0 Å². The standard InChI is InChI=1S/C19H22N2O5/c22-15-12-19(26-16-5-2-1-4-14(15)16)6-3-8-20(9-7-19)17(23)13-21-10-11-25-18(21)24/h1-2,4-5H,3,6-13H2. The minimum Gasteiger partial charge on any atom is -0.486 e. The van der Waals surface area contributed by atoms with Gasteiger partial charge in [-0.3, -0.25) is 14.5 Å². The lowest BCUT2D eigenvalue weighted by atomic mass is 9.84. The molecule has 1 aromatic rings. The molecular formula is C19H22N2O5. The van der Waals surface area contributed by atoms with E-state index in [-0.39, 0.29) is 18.2 Å². The molecule has 0 radical (unpaired) electrons. The van der Waals surface area contributed by atoms with Crippen LogP contribution in [0.4, 0.5) is 4.79 Å². The Kier molecular flexibility index (Phi) is 4.30. The van der Waals surface area contributed by atoms with Crippen molar-refractivity contribution in [2.75, 3.05) is 32.8 Å². The fourth-order valence-electron chi connectivity index (χ4n) is 3.97. The summed E-state index contributed by atoms with van der Waals surface area (Å²) in [4.78, 5) is 39.8. The zero-order valence-electron chi connectivity index (χ0n) is 14.6. The maximum absolute atomic E-state index is 12.6. The first-order valence-electron chi connectivity index (χ1n) is 9.07. The number of likely N-dealkylation sites (tertiary alicyclic amines) is 1. The number of cyclic esters (lactones) is 1. The fraction of sp³-hybridized carbons (Fsp3) is 0.526. The van der Waals surface area contributed by atoms with E-state index in [9.17, 15) is 14.4 Å². The molecule has 4 rings (SSSR count). The first kappa shape index (κ1) is 16.9. The van der Waals surface area contributed by atoms with Gasteiger partial charge in [0.1, 0.15) is 24.5 Å². The number of hydrogen-bond acceptors (Lipinski definition) is 5. The number of ketones is 1. The van der Waals surface area contributed by atoms with Gasteiger partial charge in [-0.25, -0.2) is 4.79 Å². The molecule has 26 heavy (non-hydrogen) atoms. The van der Waals surface area contributed by atoms with E-state index >= 15 is 0 Å². The van der Waals surface area contributed by atoms with Crippen LogP contribution in [0.3, 0.4) is 0 Å². The quantitative estimate of drug-likeness (QED) is 0.806. The Labute approximate surface area is 151 Å². The van der Waals surface area contributed by atoms with E-state index in [1.54, 1.807) is 11.0 Å². The Morgan fingerprint density at radius 2 is 1.96 bits per heavy atom. The first-order valence-corrected chi connectivity index (χ1v) is 9.07. The number of amides is 2. The normalized spacial score (nSPS) is 25.5. The topological polar surface area (TPSA) is 76.2 Å². The number of nitrogens with zero attached hydrogens (tertiary/aromatic N) is 2. The largest absolute Gasteiger partial charge is 0.486 e. The number of hydrogen-bond donors (Lipinski definition) is 0. The third-order valence-corrected chi connectivity index (χ3v) is 5.42. The van der Waals surface area contributed by atoms with Gasteiger partial charge in [0.05, 0.1) is 18.5 Å². The summed E-state index contributed by atoms with van der Waals surface area (Å²) in [6.45, 7) is 1.98. The van der Waals surface area contributed by atoms with Gasteiger partial charge in [-0.15, -0.1) is 0 Å². The van der Waals surface area contributed by atoms with Gasteiger partial charge in [0.25, 0.3) is 0 Å². The summed E-state index contributed by atoms with van der Waals surface area (Å²) in [6.07, 6.45) is 2.05. The highest BCUT2D eigenvalue weighted by atomic mass is 16.6. The molecule has 7 heteroatoms. The molecule has 1 atom stereocenters. The van der Waals surface area contributed by atoms with Crippen LogP contribution in [0.5, 0.6) is 5.75 Å². The second kappa shape index (κ2) is 6.63. The third-order valence-electron chi connectivity index (χ3n) is 5.42. The number of Topliss-reactive ketones (excluding diaryl/α,β-unsaturated/α-hetero) is 1. The van der Waals surface area contributed by atoms with Gasteiger partial charge in [-0.05, 0) is 25.0 Å². The second-order valence-electron chi connectivity index (χ2n) is 7.15. The predicted octanol–water partition coefficient (Wildman–Crippen LogP) is 1.86. The van der Waals surface area contributed by atoms with Crippen LogP contribution in [0.25, 0.3) is 0 Å². The van der Waals surface area contributed by atoms with Crippen molar-refractivity contribution in [1.82, 2.24) is 9.80 Å². The van der Waals surface area contributed by atoms with Gasteiger partial charge < -0.3 is 14.4 Å². The van der Waals surface area contributed by atoms with Gasteiger partial charge >= 0.3 is 6.09 Å². The van der Waals surface area contributed by atoms with Crippen LogP contribution in [0.15, 0.2) is 24.3 Å². The number of benzene rings is 1. The van der Waals surface area contributed by atoms with E-state index in [4.69, 9.17) is 9.47 Å². The van der Waals surface area contributed by atoms with Crippen LogP contribution < -0.4 is 4.74 Å². The highest BCUT2D eigenvalue weighted by Crippen LogP contribution is 2.39. The van der Waals surface area contributed by atoms with Gasteiger partial charge in [-0.2, -0.15) is 0 Å². The first-order chi connectivity index (χ1) is 12.6. The highest BCUT2D eigenvalue weighted by molar-refractivity contribution is 6.00. The van der Waals surface area contributed by atoms with Gasteiger partial charge in [0, 0.05) is 19.5 Å². The number of para-hydroxylation sites is 1. The number of carbonyl (C=O) groups is 3. The van der Waals surface area contributed by atoms with Crippen molar-refractivity contribution in [1.29, 1.82) is 0 Å². The number of carbonyl (C=O) groups excluding carboxylic acids is 3. The Morgan fingerprint density at radius 1 is 1.12 bits per heavy atom. The van der Waals surface area contributed by atoms with Crippen LogP contribution in [0.2, 0.25) is 0 Å². The van der Waals surface area contributed by atoms with Crippen LogP contribution in [-0.2, 0) is 9.53 Å². The smallest absolute Gasteiger partial charge is 0.410 e. The molecule has 7 nitrogen and oxygen atoms in total. The Hall–Kier alpha value is -2.57. The molecule has 0 bridgehead atoms. The molecule has 3 aliphatic rings. The van der Waals surface area contributed by atoms with Crippen molar-refractivity contribution in [3.8, 4) is 5.75 Å². The van der Waals surface area contributed by atoms with Crippen molar-refractivity contribution in [3.63, 3.8) is 0 Å². The van der Waals surface area contributed by atoms with Crippen molar-refractivity contribution < 1.29 is 23.9 Å². The van der Waals surface area contributed by atoms with Crippen LogP contribution in [0.1, 0.15) is 36.0 Å². The van der Waals surface area contributed by atoms with Crippen LogP contribution >= 0.6 is 0 Å². The van der Waals surface area contributed by atoms with E-state index < -0.39 is 11.7 Å². The zero-order chi connectivity index (χ0) is 18.1. The Morgan fingerprint density at radius 3 is 2.77 bits per heavy atom. The maximum Gasteiger partial charge on any atom is 0.410 e. The van der Waals surface area contributed by atoms with Crippen LogP contribution in [0, 0.1) is 0 Å². The zero-order valence-corrected chi connectivity index (χ0v) is 14.6. The molecule has 1 aromatic carbocycles. The molecule has 2 saturated heterocycles. The molecular weight excluding hydrogens is 336 g/mol. The average molecular weight is 358 g/mol. The number of ether oxygens (including phenoxy) is 2. The second-order valence-corrected chi connectivity index (χ2v) is 7.15. The summed E-state index contributed by atoms with van der Waals surface area (Å²) in [5.41, 5.74) is 0.107. The summed E-state index contributed by atoms with van der Waals surface area (Å²) in [7, 11) is 0. The lowest BCUT2D eigenvalue weighted by Crippen LogP contribution is -2.44. The average Bonchev–Trinajstić information content (AvgIpc) is 2.91. The molecule has 0 saturated carbocycles. The third kappa shape index (κ3) is 3.13. The van der Waals surface area contributed by atoms with Gasteiger partial charge in [0.2, 0.25) is 5.91 Å². The minimum absolute atomic E-state index is 0.0501. The highest BCUT2D eigenvalue weighted by Gasteiger charge is 2.42. The van der Waals surface area contributed by atoms with E-state index in [0.29, 0.717) is 50.4 Å². The Bertz CT molecular complexity index is 749. The molecule has 0 aromatic heterocycles. The summed E-state index contributed by atoms with van der Waals surface area (Å²) in [6, 6.07) is 7.34. The fourth-order valence-corrected chi connectivity index (χ4v) is 3.97. The van der Waals surface area contributed by atoms with Crippen molar-refractivity contribution in [2.45, 2.75) is 31.3 Å². The molecule has 2 fully saturated rings. The predicted molar refractivity (Wildman–Crippen MR) is 92.1 cm³/mol. The summed E-state index contributed by atoms with van der Waals surface area (Å²) < 4.78 is 11.1. The van der Waals surface area contributed by atoms with Crippen molar-refractivity contribution >= 4 is 17.8 Å². The minimum atomic E-state index is -0.535. The van der Waals surface area contributed by atoms with Crippen molar-refractivity contribution in [2.24, 2.45) is 0 Å². The lowest BCUT2D eigenvalue weighted by molar-refractivity contribution is -0.131. The molecule has 138 valence electrons.